The lowest BCUT2D eigenvalue weighted by Crippen LogP contribution is -2.57. The molecular formula is C29H28N4O4. The fraction of sp³-hybridized carbons (Fsp3) is 0.276. The molecule has 0 unspecified atom stereocenters. The van der Waals surface area contributed by atoms with Gasteiger partial charge in [0.1, 0.15) is 17.8 Å². The number of H-pyrrole nitrogens is 1. The molecule has 3 atom stereocenters. The van der Waals surface area contributed by atoms with Gasteiger partial charge < -0.3 is 24.9 Å². The van der Waals surface area contributed by atoms with Crippen molar-refractivity contribution in [2.24, 2.45) is 5.92 Å². The highest BCUT2D eigenvalue weighted by molar-refractivity contribution is 6.04. The van der Waals surface area contributed by atoms with Gasteiger partial charge in [0.05, 0.1) is 18.8 Å². The number of rotatable bonds is 6. The SMILES string of the molecule is CC(C)[C@H](NC(=O)[C@H]1Cc2c([nH]c3ccccc23)[C@H]2c3ccccc3C(=O)N21)C(=O)NCc1ccco1. The van der Waals surface area contributed by atoms with Crippen LogP contribution in [-0.2, 0) is 22.6 Å². The van der Waals surface area contributed by atoms with E-state index in [9.17, 15) is 14.4 Å². The highest BCUT2D eigenvalue weighted by Crippen LogP contribution is 2.46. The van der Waals surface area contributed by atoms with Gasteiger partial charge >= 0.3 is 0 Å². The first kappa shape index (κ1) is 23.1. The van der Waals surface area contributed by atoms with Crippen molar-refractivity contribution in [2.75, 3.05) is 0 Å². The van der Waals surface area contributed by atoms with Crippen molar-refractivity contribution in [3.63, 3.8) is 0 Å². The Labute approximate surface area is 214 Å². The number of carbonyl (C=O) groups excluding carboxylic acids is 3. The Balaban J connectivity index is 1.33. The van der Waals surface area contributed by atoms with Crippen LogP contribution in [0, 0.1) is 5.92 Å². The summed E-state index contributed by atoms with van der Waals surface area (Å²) in [4.78, 5) is 45.7. The molecule has 3 N–H and O–H groups in total. The third kappa shape index (κ3) is 3.80. The number of fused-ring (bicyclic) bond motifs is 7. The third-order valence-electron chi connectivity index (χ3n) is 7.42. The molecule has 0 saturated carbocycles. The molecule has 0 spiro atoms. The van der Waals surface area contributed by atoms with E-state index in [4.69, 9.17) is 4.42 Å². The summed E-state index contributed by atoms with van der Waals surface area (Å²) in [6.07, 6.45) is 1.91. The van der Waals surface area contributed by atoms with Crippen molar-refractivity contribution >= 4 is 28.6 Å². The van der Waals surface area contributed by atoms with E-state index in [0.717, 1.165) is 27.7 Å². The molecule has 0 radical (unpaired) electrons. The van der Waals surface area contributed by atoms with Crippen molar-refractivity contribution in [1.29, 1.82) is 0 Å². The number of aromatic nitrogens is 1. The molecule has 2 aliphatic heterocycles. The van der Waals surface area contributed by atoms with E-state index in [2.05, 4.69) is 15.6 Å². The normalized spacial score (nSPS) is 18.9. The smallest absolute Gasteiger partial charge is 0.255 e. The first-order valence-electron chi connectivity index (χ1n) is 12.6. The maximum Gasteiger partial charge on any atom is 0.255 e. The zero-order valence-electron chi connectivity index (χ0n) is 20.7. The molecule has 0 aliphatic carbocycles. The molecule has 3 amide bonds. The standard InChI is InChI=1S/C29H28N4O4/c1-16(2)24(28(35)30-15-17-8-7-13-37-17)32-27(34)23-14-21-18-9-5-6-12-22(18)31-25(21)26-19-10-3-4-11-20(19)29(36)33(23)26/h3-13,16,23-24,26,31H,14-15H2,1-2H3,(H,30,35)(H,32,34)/t23-,24+,26-/m1/s1. The highest BCUT2D eigenvalue weighted by Gasteiger charge is 2.49. The van der Waals surface area contributed by atoms with Gasteiger partial charge in [-0.2, -0.15) is 0 Å². The minimum atomic E-state index is -0.759. The second-order valence-electron chi connectivity index (χ2n) is 10.0. The number of aromatic amines is 1. The molecule has 0 fully saturated rings. The Hall–Kier alpha value is -4.33. The second kappa shape index (κ2) is 8.96. The maximum atomic E-state index is 13.8. The van der Waals surface area contributed by atoms with Gasteiger partial charge in [-0.25, -0.2) is 0 Å². The molecule has 2 aliphatic rings. The minimum Gasteiger partial charge on any atom is -0.467 e. The van der Waals surface area contributed by atoms with Crippen LogP contribution in [0.5, 0.6) is 0 Å². The second-order valence-corrected chi connectivity index (χ2v) is 10.0. The number of carbonyl (C=O) groups is 3. The van der Waals surface area contributed by atoms with Crippen LogP contribution < -0.4 is 10.6 Å². The Morgan fingerprint density at radius 1 is 1.08 bits per heavy atom. The first-order chi connectivity index (χ1) is 17.9. The fourth-order valence-corrected chi connectivity index (χ4v) is 5.62. The molecule has 2 aromatic heterocycles. The summed E-state index contributed by atoms with van der Waals surface area (Å²) >= 11 is 0. The van der Waals surface area contributed by atoms with Gasteiger partial charge in [-0.1, -0.05) is 50.2 Å². The predicted octanol–water partition coefficient (Wildman–Crippen LogP) is 3.69. The van der Waals surface area contributed by atoms with Crippen molar-refractivity contribution in [3.05, 3.63) is 95.1 Å². The van der Waals surface area contributed by atoms with Crippen molar-refractivity contribution in [1.82, 2.24) is 20.5 Å². The zero-order chi connectivity index (χ0) is 25.7. The first-order valence-corrected chi connectivity index (χ1v) is 12.6. The van der Waals surface area contributed by atoms with Gasteiger partial charge in [-0.05, 0) is 41.3 Å². The number of para-hydroxylation sites is 1. The average Bonchev–Trinajstić information content (AvgIpc) is 3.62. The lowest BCUT2D eigenvalue weighted by molar-refractivity contribution is -0.133. The number of hydrogen-bond acceptors (Lipinski definition) is 4. The van der Waals surface area contributed by atoms with Crippen LogP contribution in [0.2, 0.25) is 0 Å². The molecular weight excluding hydrogens is 468 g/mol. The Morgan fingerprint density at radius 3 is 2.65 bits per heavy atom. The van der Waals surface area contributed by atoms with E-state index in [1.54, 1.807) is 23.3 Å². The Bertz CT molecular complexity index is 1500. The summed E-state index contributed by atoms with van der Waals surface area (Å²) in [6.45, 7) is 4.00. The summed E-state index contributed by atoms with van der Waals surface area (Å²) in [5.41, 5.74) is 4.44. The summed E-state index contributed by atoms with van der Waals surface area (Å²) in [7, 11) is 0. The highest BCUT2D eigenvalue weighted by atomic mass is 16.3. The van der Waals surface area contributed by atoms with E-state index in [1.165, 1.54) is 0 Å². The number of amides is 3. The number of nitrogens with zero attached hydrogens (tertiary/aromatic N) is 1. The largest absolute Gasteiger partial charge is 0.467 e. The predicted molar refractivity (Wildman–Crippen MR) is 138 cm³/mol. The van der Waals surface area contributed by atoms with E-state index in [1.807, 2.05) is 62.4 Å². The number of furan rings is 1. The quantitative estimate of drug-likeness (QED) is 0.378. The van der Waals surface area contributed by atoms with Crippen LogP contribution in [0.1, 0.15) is 52.8 Å². The van der Waals surface area contributed by atoms with Crippen LogP contribution in [0.4, 0.5) is 0 Å². The van der Waals surface area contributed by atoms with Gasteiger partial charge in [-0.3, -0.25) is 14.4 Å². The van der Waals surface area contributed by atoms with Crippen molar-refractivity contribution in [2.45, 2.75) is 44.9 Å². The summed E-state index contributed by atoms with van der Waals surface area (Å²) in [6, 6.07) is 17.1. The van der Waals surface area contributed by atoms with Gasteiger partial charge in [0.15, 0.2) is 0 Å². The van der Waals surface area contributed by atoms with Gasteiger partial charge in [-0.15, -0.1) is 0 Å². The molecule has 37 heavy (non-hydrogen) atoms. The Morgan fingerprint density at radius 2 is 1.86 bits per heavy atom. The monoisotopic (exact) mass is 496 g/mol. The zero-order valence-corrected chi connectivity index (χ0v) is 20.7. The summed E-state index contributed by atoms with van der Waals surface area (Å²) < 4.78 is 5.30. The molecule has 8 heteroatoms. The molecule has 8 nitrogen and oxygen atoms in total. The fourth-order valence-electron chi connectivity index (χ4n) is 5.62. The Kier molecular flexibility index (Phi) is 5.59. The topological polar surface area (TPSA) is 107 Å². The van der Waals surface area contributed by atoms with Gasteiger partial charge in [0.25, 0.3) is 5.91 Å². The van der Waals surface area contributed by atoms with Crippen LogP contribution in [0.3, 0.4) is 0 Å². The number of benzene rings is 2. The van der Waals surface area contributed by atoms with Crippen molar-refractivity contribution < 1.29 is 18.8 Å². The molecule has 2 aromatic carbocycles. The summed E-state index contributed by atoms with van der Waals surface area (Å²) in [5.74, 6) is -0.335. The van der Waals surface area contributed by atoms with Gasteiger partial charge in [0.2, 0.25) is 11.8 Å². The van der Waals surface area contributed by atoms with Crippen LogP contribution in [0.15, 0.2) is 71.3 Å². The van der Waals surface area contributed by atoms with Crippen LogP contribution in [0.25, 0.3) is 10.9 Å². The number of hydrogen-bond donors (Lipinski definition) is 3. The third-order valence-corrected chi connectivity index (χ3v) is 7.42. The van der Waals surface area contributed by atoms with Crippen LogP contribution in [-0.4, -0.2) is 39.7 Å². The van der Waals surface area contributed by atoms with E-state index in [-0.39, 0.29) is 36.2 Å². The molecule has 4 aromatic rings. The summed E-state index contributed by atoms with van der Waals surface area (Å²) in [5, 5.41) is 6.85. The van der Waals surface area contributed by atoms with Crippen LogP contribution >= 0.6 is 0 Å². The molecule has 188 valence electrons. The average molecular weight is 497 g/mol. The maximum absolute atomic E-state index is 13.8. The molecule has 6 rings (SSSR count). The lowest BCUT2D eigenvalue weighted by Gasteiger charge is -2.38. The lowest BCUT2D eigenvalue weighted by atomic mass is 9.89. The van der Waals surface area contributed by atoms with Crippen molar-refractivity contribution in [3.8, 4) is 0 Å². The van der Waals surface area contributed by atoms with E-state index < -0.39 is 12.1 Å². The molecule has 0 bridgehead atoms. The van der Waals surface area contributed by atoms with E-state index >= 15 is 0 Å². The minimum absolute atomic E-state index is 0.157. The van der Waals surface area contributed by atoms with E-state index in [0.29, 0.717) is 17.7 Å². The van der Waals surface area contributed by atoms with Gasteiger partial charge in [0, 0.05) is 28.6 Å². The molecule has 0 saturated heterocycles. The number of nitrogens with one attached hydrogen (secondary N) is 3. The molecule has 4 heterocycles.